The summed E-state index contributed by atoms with van der Waals surface area (Å²) in [4.78, 5) is 11.8. The fraction of sp³-hybridized carbons (Fsp3) is 0.333. The first kappa shape index (κ1) is 16.5. The second-order valence-electron chi connectivity index (χ2n) is 6.61. The molecule has 1 saturated carbocycles. The molecule has 0 radical (unpaired) electrons. The lowest BCUT2D eigenvalue weighted by molar-refractivity contribution is 0.0989. The molecule has 0 unspecified atom stereocenters. The van der Waals surface area contributed by atoms with Gasteiger partial charge in [0.25, 0.3) is 5.91 Å². The van der Waals surface area contributed by atoms with Gasteiger partial charge in [0.1, 0.15) is 0 Å². The number of hydrogen-bond acceptors (Lipinski definition) is 6. The summed E-state index contributed by atoms with van der Waals surface area (Å²) in [6.45, 7) is 1.68. The van der Waals surface area contributed by atoms with E-state index in [1.807, 2.05) is 30.3 Å². The lowest BCUT2D eigenvalue weighted by Crippen LogP contribution is -2.29. The Morgan fingerprint density at radius 2 is 2.08 bits per heavy atom. The zero-order chi connectivity index (χ0) is 18.3. The molecule has 2 heterocycles. The predicted octanol–water partition coefficient (Wildman–Crippen LogP) is 2.20. The zero-order valence-corrected chi connectivity index (χ0v) is 14.2. The van der Waals surface area contributed by atoms with Crippen molar-refractivity contribution in [3.63, 3.8) is 0 Å². The number of nitrogens with two attached hydrogens (primary N) is 1. The molecule has 0 saturated heterocycles. The van der Waals surface area contributed by atoms with Gasteiger partial charge >= 0.3 is 0 Å². The van der Waals surface area contributed by atoms with Crippen LogP contribution in [0.3, 0.4) is 0 Å². The number of rotatable bonds is 5. The third-order valence-corrected chi connectivity index (χ3v) is 4.90. The second kappa shape index (κ2) is 6.38. The number of carbonyl (C=O) groups is 1. The van der Waals surface area contributed by atoms with Gasteiger partial charge in [-0.15, -0.1) is 5.10 Å². The average Bonchev–Trinajstić information content (AvgIpc) is 3.22. The van der Waals surface area contributed by atoms with E-state index in [0.29, 0.717) is 11.5 Å². The SMILES string of the molecule is C[C@H](O)c1cnnn1C1CC(c2c(C(N)=O)noc2-c2ccccc2)C1. The van der Waals surface area contributed by atoms with Crippen molar-refractivity contribution in [2.75, 3.05) is 0 Å². The number of benzene rings is 1. The summed E-state index contributed by atoms with van der Waals surface area (Å²) < 4.78 is 7.21. The maximum Gasteiger partial charge on any atom is 0.271 e. The lowest BCUT2D eigenvalue weighted by atomic mass is 9.74. The van der Waals surface area contributed by atoms with Gasteiger partial charge in [-0.2, -0.15) is 0 Å². The van der Waals surface area contributed by atoms with Crippen LogP contribution < -0.4 is 5.73 Å². The van der Waals surface area contributed by atoms with Crippen LogP contribution in [0.2, 0.25) is 0 Å². The average molecular weight is 353 g/mol. The highest BCUT2D eigenvalue weighted by Crippen LogP contribution is 2.48. The summed E-state index contributed by atoms with van der Waals surface area (Å²) in [7, 11) is 0. The van der Waals surface area contributed by atoms with Crippen LogP contribution >= 0.6 is 0 Å². The van der Waals surface area contributed by atoms with Crippen molar-refractivity contribution in [3.8, 4) is 11.3 Å². The second-order valence-corrected chi connectivity index (χ2v) is 6.61. The molecular weight excluding hydrogens is 334 g/mol. The van der Waals surface area contributed by atoms with Crippen LogP contribution in [0.5, 0.6) is 0 Å². The van der Waals surface area contributed by atoms with Crippen molar-refractivity contribution in [1.82, 2.24) is 20.2 Å². The molecule has 2 aromatic heterocycles. The minimum atomic E-state index is -0.638. The number of amides is 1. The van der Waals surface area contributed by atoms with Gasteiger partial charge in [-0.1, -0.05) is 40.7 Å². The van der Waals surface area contributed by atoms with Gasteiger partial charge in [-0.05, 0) is 25.7 Å². The van der Waals surface area contributed by atoms with E-state index in [0.717, 1.165) is 24.0 Å². The Bertz CT molecular complexity index is 925. The monoisotopic (exact) mass is 353 g/mol. The van der Waals surface area contributed by atoms with Gasteiger partial charge < -0.3 is 15.4 Å². The normalized spacial score (nSPS) is 20.5. The van der Waals surface area contributed by atoms with Gasteiger partial charge in [0, 0.05) is 11.1 Å². The standard InChI is InChI=1S/C18H19N5O3/c1-10(24)14-9-20-22-23(14)13-7-12(8-13)15-16(18(19)25)21-26-17(15)11-5-3-2-4-6-11/h2-6,9-10,12-13,24H,7-8H2,1H3,(H2,19,25)/t10-,12?,13?/m0/s1. The van der Waals surface area contributed by atoms with E-state index in [2.05, 4.69) is 15.5 Å². The molecule has 1 atom stereocenters. The van der Waals surface area contributed by atoms with Crippen LogP contribution in [0.25, 0.3) is 11.3 Å². The molecule has 1 fully saturated rings. The Labute approximate surface area is 149 Å². The van der Waals surface area contributed by atoms with Crippen molar-refractivity contribution in [3.05, 3.63) is 53.5 Å². The first-order valence-electron chi connectivity index (χ1n) is 8.49. The number of primary amides is 1. The topological polar surface area (TPSA) is 120 Å². The summed E-state index contributed by atoms with van der Waals surface area (Å²) in [5.41, 5.74) is 7.96. The van der Waals surface area contributed by atoms with E-state index in [-0.39, 0.29) is 17.7 Å². The first-order chi connectivity index (χ1) is 12.6. The van der Waals surface area contributed by atoms with Crippen LogP contribution in [0.4, 0.5) is 0 Å². The predicted molar refractivity (Wildman–Crippen MR) is 92.1 cm³/mol. The van der Waals surface area contributed by atoms with Gasteiger partial charge in [-0.3, -0.25) is 4.79 Å². The number of aliphatic hydroxyl groups is 1. The molecule has 134 valence electrons. The van der Waals surface area contributed by atoms with E-state index in [4.69, 9.17) is 10.3 Å². The molecule has 1 aliphatic carbocycles. The van der Waals surface area contributed by atoms with Gasteiger partial charge in [-0.25, -0.2) is 4.68 Å². The minimum Gasteiger partial charge on any atom is -0.387 e. The number of nitrogens with zero attached hydrogens (tertiary/aromatic N) is 4. The van der Waals surface area contributed by atoms with Crippen molar-refractivity contribution in [2.45, 2.75) is 37.8 Å². The van der Waals surface area contributed by atoms with E-state index in [1.54, 1.807) is 17.8 Å². The molecule has 3 aromatic rings. The highest BCUT2D eigenvalue weighted by molar-refractivity contribution is 5.94. The Morgan fingerprint density at radius 1 is 1.35 bits per heavy atom. The maximum absolute atomic E-state index is 11.8. The van der Waals surface area contributed by atoms with E-state index in [9.17, 15) is 9.90 Å². The minimum absolute atomic E-state index is 0.0787. The number of aliphatic hydroxyl groups excluding tert-OH is 1. The summed E-state index contributed by atoms with van der Waals surface area (Å²) in [6, 6.07) is 9.64. The van der Waals surface area contributed by atoms with Crippen LogP contribution in [-0.2, 0) is 0 Å². The first-order valence-corrected chi connectivity index (χ1v) is 8.49. The Kier molecular flexibility index (Phi) is 4.04. The molecular formula is C18H19N5O3. The van der Waals surface area contributed by atoms with Crippen molar-refractivity contribution < 1.29 is 14.4 Å². The Hall–Kier alpha value is -3.00. The summed E-state index contributed by atoms with van der Waals surface area (Å²) >= 11 is 0. The Balaban J connectivity index is 1.64. The molecule has 26 heavy (non-hydrogen) atoms. The molecule has 1 aliphatic rings. The highest BCUT2D eigenvalue weighted by atomic mass is 16.5. The Morgan fingerprint density at radius 3 is 2.73 bits per heavy atom. The largest absolute Gasteiger partial charge is 0.387 e. The highest BCUT2D eigenvalue weighted by Gasteiger charge is 2.39. The fourth-order valence-corrected chi connectivity index (χ4v) is 3.51. The van der Waals surface area contributed by atoms with Crippen molar-refractivity contribution in [2.24, 2.45) is 5.73 Å². The lowest BCUT2D eigenvalue weighted by Gasteiger charge is -2.36. The van der Waals surface area contributed by atoms with Crippen LogP contribution in [0.15, 0.2) is 41.1 Å². The smallest absolute Gasteiger partial charge is 0.271 e. The van der Waals surface area contributed by atoms with Crippen LogP contribution in [-0.4, -0.2) is 31.2 Å². The molecule has 8 nitrogen and oxygen atoms in total. The maximum atomic E-state index is 11.8. The van der Waals surface area contributed by atoms with Gasteiger partial charge in [0.15, 0.2) is 11.5 Å². The van der Waals surface area contributed by atoms with E-state index >= 15 is 0 Å². The number of aromatic nitrogens is 4. The molecule has 3 N–H and O–H groups in total. The number of hydrogen-bond donors (Lipinski definition) is 2. The molecule has 8 heteroatoms. The quantitative estimate of drug-likeness (QED) is 0.725. The third-order valence-electron chi connectivity index (χ3n) is 4.90. The summed E-state index contributed by atoms with van der Waals surface area (Å²) in [5, 5.41) is 21.7. The number of carbonyl (C=O) groups excluding carboxylic acids is 1. The van der Waals surface area contributed by atoms with Crippen LogP contribution in [0, 0.1) is 0 Å². The molecule has 4 rings (SSSR count). The molecule has 1 amide bonds. The fourth-order valence-electron chi connectivity index (χ4n) is 3.51. The van der Waals surface area contributed by atoms with Gasteiger partial charge in [0.05, 0.1) is 24.0 Å². The van der Waals surface area contributed by atoms with E-state index < -0.39 is 12.0 Å². The molecule has 1 aromatic carbocycles. The van der Waals surface area contributed by atoms with Crippen molar-refractivity contribution in [1.29, 1.82) is 0 Å². The van der Waals surface area contributed by atoms with E-state index in [1.165, 1.54) is 0 Å². The third kappa shape index (κ3) is 2.68. The van der Waals surface area contributed by atoms with Crippen molar-refractivity contribution >= 4 is 5.91 Å². The zero-order valence-electron chi connectivity index (χ0n) is 14.2. The summed E-state index contributed by atoms with van der Waals surface area (Å²) in [6.07, 6.45) is 2.41. The molecule has 0 aliphatic heterocycles. The van der Waals surface area contributed by atoms with Crippen LogP contribution in [0.1, 0.15) is 59.6 Å². The summed E-state index contributed by atoms with van der Waals surface area (Å²) in [5.74, 6) is 0.0620. The molecule has 0 spiro atoms. The molecule has 0 bridgehead atoms. The van der Waals surface area contributed by atoms with Gasteiger partial charge in [0.2, 0.25) is 0 Å².